The van der Waals surface area contributed by atoms with E-state index in [0.717, 1.165) is 10.2 Å². The average molecular weight is 196 g/mol. The van der Waals surface area contributed by atoms with E-state index in [9.17, 15) is 0 Å². The fourth-order valence-corrected chi connectivity index (χ4v) is 2.06. The van der Waals surface area contributed by atoms with E-state index in [1.807, 2.05) is 0 Å². The van der Waals surface area contributed by atoms with E-state index in [-0.39, 0.29) is 6.10 Å². The highest BCUT2D eigenvalue weighted by molar-refractivity contribution is 7.80. The second-order valence-corrected chi connectivity index (χ2v) is 4.09. The molecule has 0 aromatic carbocycles. The van der Waals surface area contributed by atoms with Crippen molar-refractivity contribution >= 4 is 22.9 Å². The average Bonchev–Trinajstić information content (AvgIpc) is 2.06. The molecule has 0 radical (unpaired) electrons. The van der Waals surface area contributed by atoms with Crippen LogP contribution in [-0.4, -0.2) is 48.8 Å². The molecule has 1 atom stereocenters. The van der Waals surface area contributed by atoms with Crippen molar-refractivity contribution in [3.05, 3.63) is 0 Å². The number of hydrogen-bond acceptors (Lipinski definition) is 4. The Labute approximate surface area is 76.2 Å². The molecule has 0 aromatic heterocycles. The highest BCUT2D eigenvalue weighted by Gasteiger charge is 2.32. The Bertz CT molecular complexity index is 104. The van der Waals surface area contributed by atoms with Crippen molar-refractivity contribution in [1.82, 2.24) is 0 Å². The first kappa shape index (κ1) is 11.4. The number of ether oxygens (including phenoxy) is 3. The van der Waals surface area contributed by atoms with Crippen LogP contribution in [0, 0.1) is 0 Å². The molecule has 0 N–H and O–H groups in total. The Hall–Kier alpha value is 0.447. The summed E-state index contributed by atoms with van der Waals surface area (Å²) in [4.78, 5) is 0. The van der Waals surface area contributed by atoms with E-state index in [2.05, 4.69) is 12.6 Å². The van der Waals surface area contributed by atoms with Crippen LogP contribution in [0.3, 0.4) is 0 Å². The lowest BCUT2D eigenvalue weighted by atomic mass is 10.4. The number of thiol groups is 1. The third-order valence-corrected chi connectivity index (χ3v) is 3.64. The predicted molar refractivity (Wildman–Crippen MR) is 51.3 cm³/mol. The van der Waals surface area contributed by atoms with Crippen molar-refractivity contribution < 1.29 is 14.2 Å². The van der Waals surface area contributed by atoms with Gasteiger partial charge >= 0.3 is 0 Å². The molecule has 0 aromatic rings. The van der Waals surface area contributed by atoms with Gasteiger partial charge in [-0.1, -0.05) is 0 Å². The van der Waals surface area contributed by atoms with E-state index in [4.69, 9.17) is 14.2 Å². The second-order valence-electron chi connectivity index (χ2n) is 2.33. The van der Waals surface area contributed by atoms with Crippen molar-refractivity contribution in [3.63, 3.8) is 0 Å². The zero-order valence-corrected chi connectivity index (χ0v) is 10.4. The molecule has 3 nitrogen and oxygen atoms in total. The lowest BCUT2D eigenvalue weighted by Crippen LogP contribution is -2.48. The molecule has 0 bridgehead atoms. The maximum atomic E-state index is 5.20. The van der Waals surface area contributed by atoms with Gasteiger partial charge in [-0.2, -0.15) is 12.6 Å². The van der Waals surface area contributed by atoms with Gasteiger partial charge < -0.3 is 14.2 Å². The first-order valence-corrected chi connectivity index (χ1v) is 5.01. The largest absolute Gasteiger partial charge is 0.375 e. The number of rotatable bonds is 5. The number of hydrogen-bond donors (Lipinski definition) is 1. The van der Waals surface area contributed by atoms with Crippen molar-refractivity contribution in [2.45, 2.75) is 11.5 Å². The molecule has 0 aliphatic heterocycles. The molecule has 0 rings (SSSR count). The molecule has 0 aliphatic carbocycles. The van der Waals surface area contributed by atoms with Gasteiger partial charge in [0.25, 0.3) is 0 Å². The summed E-state index contributed by atoms with van der Waals surface area (Å²) in [5.74, 6) is 0.599. The Morgan fingerprint density at radius 2 is 1.82 bits per heavy atom. The molecule has 0 heterocycles. The summed E-state index contributed by atoms with van der Waals surface area (Å²) in [6.45, 7) is 0. The fourth-order valence-electron chi connectivity index (χ4n) is 0.801. The van der Waals surface area contributed by atoms with Gasteiger partial charge in [-0.15, -0.1) is 0 Å². The Balaban J connectivity index is 4.19. The Kier molecular flexibility index (Phi) is 5.37. The molecule has 1 unspecified atom stereocenters. The van der Waals surface area contributed by atoms with Crippen LogP contribution in [0.2, 0.25) is 0 Å². The van der Waals surface area contributed by atoms with Crippen LogP contribution in [-0.2, 0) is 14.2 Å². The van der Waals surface area contributed by atoms with Gasteiger partial charge in [0.05, 0.1) is 10.2 Å². The van der Waals surface area contributed by atoms with Crippen molar-refractivity contribution in [3.8, 4) is 0 Å². The van der Waals surface area contributed by atoms with E-state index >= 15 is 0 Å². The highest BCUT2D eigenvalue weighted by atomic mass is 32.1. The number of methoxy groups -OCH3 is 3. The van der Waals surface area contributed by atoms with Crippen molar-refractivity contribution in [2.24, 2.45) is 0 Å². The summed E-state index contributed by atoms with van der Waals surface area (Å²) in [6, 6.07) is 0. The van der Waals surface area contributed by atoms with Crippen LogP contribution in [0.15, 0.2) is 0 Å². The molecular weight excluding hydrogens is 180 g/mol. The van der Waals surface area contributed by atoms with Crippen LogP contribution < -0.4 is 0 Å². The van der Waals surface area contributed by atoms with Crippen LogP contribution in [0.4, 0.5) is 0 Å². The molecule has 0 amide bonds. The third-order valence-electron chi connectivity index (χ3n) is 1.85. The summed E-state index contributed by atoms with van der Waals surface area (Å²) < 4.78 is 15.5. The van der Waals surface area contributed by atoms with Crippen LogP contribution in [0.5, 0.6) is 0 Å². The normalized spacial score (nSPS) is 15.3. The summed E-state index contributed by atoms with van der Waals surface area (Å²) in [6.07, 6.45) is -0.0903. The Morgan fingerprint density at radius 1 is 1.36 bits per heavy atom. The second kappa shape index (κ2) is 5.16. The quantitative estimate of drug-likeness (QED) is 0.356. The maximum absolute atomic E-state index is 5.20. The van der Waals surface area contributed by atoms with Gasteiger partial charge in [-0.25, -0.2) is 0 Å². The predicted octanol–water partition coefficient (Wildman–Crippen LogP) is -0.757. The van der Waals surface area contributed by atoms with Crippen LogP contribution in [0.25, 0.3) is 0 Å². The smallest absolute Gasteiger partial charge is 0.166 e. The molecule has 68 valence electrons. The van der Waals surface area contributed by atoms with E-state index < -0.39 is 5.41 Å². The van der Waals surface area contributed by atoms with Crippen molar-refractivity contribution in [2.75, 3.05) is 27.1 Å². The van der Waals surface area contributed by atoms with Gasteiger partial charge in [0, 0.05) is 27.1 Å². The van der Waals surface area contributed by atoms with Gasteiger partial charge in [-0.3, -0.25) is 0 Å². The summed E-state index contributed by atoms with van der Waals surface area (Å²) in [7, 11) is 5.62. The zero-order chi connectivity index (χ0) is 8.91. The van der Waals surface area contributed by atoms with E-state index in [1.165, 1.54) is 0 Å². The lowest BCUT2D eigenvalue weighted by Gasteiger charge is -2.33. The minimum Gasteiger partial charge on any atom is -0.375 e. The molecule has 0 spiro atoms. The molecule has 0 saturated carbocycles. The van der Waals surface area contributed by atoms with Crippen LogP contribution >= 0.6 is 12.6 Å². The third kappa shape index (κ3) is 2.76. The fraction of sp³-hybridized carbons (Fsp3) is 1.00. The summed E-state index contributed by atoms with van der Waals surface area (Å²) in [5, 5.41) is 0. The highest BCUT2D eigenvalue weighted by Crippen LogP contribution is 2.15. The minimum atomic E-state index is -0.559. The van der Waals surface area contributed by atoms with Gasteiger partial charge in [0.2, 0.25) is 0 Å². The van der Waals surface area contributed by atoms with Gasteiger partial charge in [0.15, 0.2) is 5.41 Å². The first-order valence-electron chi connectivity index (χ1n) is 3.38. The maximum Gasteiger partial charge on any atom is 0.166 e. The first-order chi connectivity index (χ1) is 5.14. The zero-order valence-electron chi connectivity index (χ0n) is 7.46. The summed E-state index contributed by atoms with van der Waals surface area (Å²) >= 11 is 4.13. The van der Waals surface area contributed by atoms with Crippen molar-refractivity contribution in [1.29, 1.82) is 0 Å². The van der Waals surface area contributed by atoms with Gasteiger partial charge in [-0.05, 0) is 0 Å². The SMILES string of the molecule is COC(CS)C([SiH3])(OC)OC. The Morgan fingerprint density at radius 3 is 1.91 bits per heavy atom. The van der Waals surface area contributed by atoms with E-state index in [0.29, 0.717) is 5.75 Å². The monoisotopic (exact) mass is 196 g/mol. The standard InChI is InChI=1S/C6H16O3SSi/c1-7-5(4-10)6(11,8-2)9-3/h5,10H,4H2,1-3,11H3. The molecule has 0 aliphatic rings. The molecule has 0 fully saturated rings. The molecule has 0 saturated heterocycles. The molecule has 11 heavy (non-hydrogen) atoms. The lowest BCUT2D eigenvalue weighted by molar-refractivity contribution is -0.201. The van der Waals surface area contributed by atoms with Crippen LogP contribution in [0.1, 0.15) is 0 Å². The topological polar surface area (TPSA) is 27.7 Å². The molecular formula is C6H16O3SSi. The molecule has 5 heteroatoms. The van der Waals surface area contributed by atoms with E-state index in [1.54, 1.807) is 21.3 Å². The minimum absolute atomic E-state index is 0.0903. The van der Waals surface area contributed by atoms with Gasteiger partial charge in [0.1, 0.15) is 6.10 Å². The summed E-state index contributed by atoms with van der Waals surface area (Å²) in [5.41, 5.74) is -0.559.